The summed E-state index contributed by atoms with van der Waals surface area (Å²) in [6.45, 7) is 6.71. The van der Waals surface area contributed by atoms with E-state index >= 15 is 0 Å². The number of piperazine rings is 1. The topological polar surface area (TPSA) is 59.4 Å². The highest BCUT2D eigenvalue weighted by Gasteiger charge is 2.29. The largest absolute Gasteiger partial charge is 0.352 e. The number of nitriles is 1. The van der Waals surface area contributed by atoms with Crippen LogP contribution in [0.2, 0.25) is 0 Å². The van der Waals surface area contributed by atoms with Crippen LogP contribution in [0.4, 0.5) is 0 Å². The fourth-order valence-corrected chi connectivity index (χ4v) is 2.97. The smallest absolute Gasteiger partial charge is 0.237 e. The Bertz CT molecular complexity index is 580. The quantitative estimate of drug-likeness (QED) is 0.891. The van der Waals surface area contributed by atoms with E-state index in [1.165, 1.54) is 5.56 Å². The molecule has 5 nitrogen and oxygen atoms in total. The number of carbonyl (C=O) groups is 1. The fourth-order valence-electron chi connectivity index (χ4n) is 2.97. The van der Waals surface area contributed by atoms with Gasteiger partial charge in [-0.05, 0) is 37.5 Å². The third kappa shape index (κ3) is 4.31. The molecule has 2 fully saturated rings. The molecule has 3 rings (SSSR count). The van der Waals surface area contributed by atoms with E-state index in [1.807, 2.05) is 31.2 Å². The van der Waals surface area contributed by atoms with Crippen molar-refractivity contribution in [3.63, 3.8) is 0 Å². The highest BCUT2D eigenvalue weighted by atomic mass is 16.2. The molecule has 1 amide bonds. The van der Waals surface area contributed by atoms with Gasteiger partial charge in [-0.3, -0.25) is 14.6 Å². The van der Waals surface area contributed by atoms with Crippen LogP contribution in [0.15, 0.2) is 24.3 Å². The van der Waals surface area contributed by atoms with Crippen LogP contribution in [-0.4, -0.2) is 54.0 Å². The maximum atomic E-state index is 12.1. The lowest BCUT2D eigenvalue weighted by Gasteiger charge is -2.37. The first-order valence-electron chi connectivity index (χ1n) is 8.41. The van der Waals surface area contributed by atoms with Crippen LogP contribution < -0.4 is 5.32 Å². The zero-order valence-corrected chi connectivity index (χ0v) is 13.7. The van der Waals surface area contributed by atoms with Crippen molar-refractivity contribution in [2.45, 2.75) is 38.4 Å². The molecule has 1 unspecified atom stereocenters. The lowest BCUT2D eigenvalue weighted by Crippen LogP contribution is -2.53. The van der Waals surface area contributed by atoms with E-state index in [-0.39, 0.29) is 11.9 Å². The number of benzene rings is 1. The lowest BCUT2D eigenvalue weighted by atomic mass is 10.1. The first-order valence-corrected chi connectivity index (χ1v) is 8.41. The average molecular weight is 312 g/mol. The van der Waals surface area contributed by atoms with E-state index in [1.54, 1.807) is 0 Å². The van der Waals surface area contributed by atoms with Crippen molar-refractivity contribution >= 4 is 5.91 Å². The van der Waals surface area contributed by atoms with E-state index in [9.17, 15) is 4.79 Å². The van der Waals surface area contributed by atoms with Crippen molar-refractivity contribution in [2.75, 3.05) is 26.2 Å². The number of hydrogen-bond donors (Lipinski definition) is 1. The first kappa shape index (κ1) is 16.0. The number of hydrogen-bond acceptors (Lipinski definition) is 4. The Morgan fingerprint density at radius 1 is 1.26 bits per heavy atom. The van der Waals surface area contributed by atoms with Crippen LogP contribution in [-0.2, 0) is 11.3 Å². The molecule has 5 heteroatoms. The van der Waals surface area contributed by atoms with Gasteiger partial charge in [0.1, 0.15) is 0 Å². The van der Waals surface area contributed by atoms with Gasteiger partial charge in [0.2, 0.25) is 5.91 Å². The van der Waals surface area contributed by atoms with Gasteiger partial charge in [0, 0.05) is 38.8 Å². The molecule has 1 N–H and O–H groups in total. The van der Waals surface area contributed by atoms with Crippen molar-refractivity contribution in [3.8, 4) is 6.07 Å². The molecule has 1 aliphatic heterocycles. The van der Waals surface area contributed by atoms with Gasteiger partial charge in [0.25, 0.3) is 0 Å². The van der Waals surface area contributed by atoms with E-state index in [0.29, 0.717) is 11.6 Å². The molecule has 1 aromatic rings. The zero-order chi connectivity index (χ0) is 16.2. The minimum absolute atomic E-state index is 0.0346. The molecule has 0 aromatic heterocycles. The van der Waals surface area contributed by atoms with Crippen LogP contribution >= 0.6 is 0 Å². The van der Waals surface area contributed by atoms with E-state index in [2.05, 4.69) is 21.2 Å². The molecular weight excluding hydrogens is 288 g/mol. The van der Waals surface area contributed by atoms with E-state index < -0.39 is 0 Å². The first-order chi connectivity index (χ1) is 11.2. The normalized spacial score (nSPS) is 20.7. The lowest BCUT2D eigenvalue weighted by molar-refractivity contribution is -0.126. The van der Waals surface area contributed by atoms with Crippen LogP contribution in [0.5, 0.6) is 0 Å². The molecule has 0 bridgehead atoms. The van der Waals surface area contributed by atoms with Gasteiger partial charge in [-0.2, -0.15) is 5.26 Å². The molecule has 1 aromatic carbocycles. The molecule has 122 valence electrons. The highest BCUT2D eigenvalue weighted by Crippen LogP contribution is 2.19. The molecule has 1 saturated carbocycles. The van der Waals surface area contributed by atoms with Gasteiger partial charge in [0.15, 0.2) is 0 Å². The van der Waals surface area contributed by atoms with Crippen LogP contribution in [0.3, 0.4) is 0 Å². The van der Waals surface area contributed by atoms with Crippen molar-refractivity contribution in [2.24, 2.45) is 0 Å². The van der Waals surface area contributed by atoms with Crippen molar-refractivity contribution in [3.05, 3.63) is 35.4 Å². The van der Waals surface area contributed by atoms with Crippen LogP contribution in [0.25, 0.3) is 0 Å². The number of nitrogens with zero attached hydrogens (tertiary/aromatic N) is 3. The summed E-state index contributed by atoms with van der Waals surface area (Å²) in [5.74, 6) is 0.174. The van der Waals surface area contributed by atoms with Crippen molar-refractivity contribution in [1.82, 2.24) is 15.1 Å². The molecule has 1 aliphatic carbocycles. The van der Waals surface area contributed by atoms with E-state index in [0.717, 1.165) is 45.6 Å². The van der Waals surface area contributed by atoms with Crippen molar-refractivity contribution in [1.29, 1.82) is 5.26 Å². The summed E-state index contributed by atoms with van der Waals surface area (Å²) in [4.78, 5) is 16.8. The Balaban J connectivity index is 1.45. The van der Waals surface area contributed by atoms with Gasteiger partial charge < -0.3 is 5.32 Å². The molecule has 0 radical (unpaired) electrons. The zero-order valence-electron chi connectivity index (χ0n) is 13.7. The Morgan fingerprint density at radius 3 is 2.48 bits per heavy atom. The van der Waals surface area contributed by atoms with E-state index in [4.69, 9.17) is 5.26 Å². The second-order valence-electron chi connectivity index (χ2n) is 6.58. The van der Waals surface area contributed by atoms with Crippen LogP contribution in [0, 0.1) is 11.3 Å². The Kier molecular flexibility index (Phi) is 4.94. The van der Waals surface area contributed by atoms with Gasteiger partial charge in [-0.25, -0.2) is 0 Å². The maximum Gasteiger partial charge on any atom is 0.237 e. The molecule has 23 heavy (non-hydrogen) atoms. The number of amides is 1. The molecule has 0 spiro atoms. The summed E-state index contributed by atoms with van der Waals surface area (Å²) in [5, 5.41) is 11.9. The Hall–Kier alpha value is -1.90. The molecule has 1 saturated heterocycles. The summed E-state index contributed by atoms with van der Waals surface area (Å²) in [6.07, 6.45) is 2.27. The second kappa shape index (κ2) is 7.12. The molecule has 1 atom stereocenters. The van der Waals surface area contributed by atoms with Crippen molar-refractivity contribution < 1.29 is 4.79 Å². The summed E-state index contributed by atoms with van der Waals surface area (Å²) in [7, 11) is 0. The van der Waals surface area contributed by atoms with Gasteiger partial charge >= 0.3 is 0 Å². The summed E-state index contributed by atoms with van der Waals surface area (Å²) in [6, 6.07) is 10.3. The van der Waals surface area contributed by atoms with Gasteiger partial charge in [-0.15, -0.1) is 0 Å². The summed E-state index contributed by atoms with van der Waals surface area (Å²) in [5.41, 5.74) is 1.94. The molecule has 2 aliphatic rings. The third-order valence-electron chi connectivity index (χ3n) is 4.75. The summed E-state index contributed by atoms with van der Waals surface area (Å²) >= 11 is 0. The molecular formula is C18H24N4O. The SMILES string of the molecule is CC(C(=O)NC1CC1)N1CCN(Cc2ccc(C#N)cc2)CC1. The molecule has 1 heterocycles. The van der Waals surface area contributed by atoms with Gasteiger partial charge in [0.05, 0.1) is 17.7 Å². The average Bonchev–Trinajstić information content (AvgIpc) is 3.39. The highest BCUT2D eigenvalue weighted by molar-refractivity contribution is 5.81. The monoisotopic (exact) mass is 312 g/mol. The number of carbonyl (C=O) groups excluding carboxylic acids is 1. The maximum absolute atomic E-state index is 12.1. The summed E-state index contributed by atoms with van der Waals surface area (Å²) < 4.78 is 0. The predicted molar refractivity (Wildman–Crippen MR) is 88.6 cm³/mol. The minimum atomic E-state index is -0.0346. The van der Waals surface area contributed by atoms with Crippen LogP contribution in [0.1, 0.15) is 30.9 Å². The van der Waals surface area contributed by atoms with Gasteiger partial charge in [-0.1, -0.05) is 12.1 Å². The third-order valence-corrected chi connectivity index (χ3v) is 4.75. The minimum Gasteiger partial charge on any atom is -0.352 e. The predicted octanol–water partition coefficient (Wildman–Crippen LogP) is 1.34. The number of rotatable bonds is 5. The Morgan fingerprint density at radius 2 is 1.91 bits per heavy atom. The Labute approximate surface area is 137 Å². The number of nitrogens with one attached hydrogen (secondary N) is 1. The fraction of sp³-hybridized carbons (Fsp3) is 0.556. The second-order valence-corrected chi connectivity index (χ2v) is 6.58. The standard InChI is InChI=1S/C18H24N4O/c1-14(18(23)20-17-6-7-17)22-10-8-21(9-11-22)13-16-4-2-15(12-19)3-5-16/h2-5,14,17H,6-11,13H2,1H3,(H,20,23).